The lowest BCUT2D eigenvalue weighted by molar-refractivity contribution is 0.0957. The Morgan fingerprint density at radius 2 is 2.17 bits per heavy atom. The Balaban J connectivity index is 2.53. The van der Waals surface area contributed by atoms with E-state index < -0.39 is 0 Å². The standard InChI is InChI=1S/C14H18N2O2/c1-4-15-14(17)13-9(3)16-12-7-6-10(18-5-2)8-11(12)13/h6-8,16H,4-5H2,1-3H3,(H,15,17). The van der Waals surface area contributed by atoms with Crippen molar-refractivity contribution < 1.29 is 9.53 Å². The number of carbonyl (C=O) groups excluding carboxylic acids is 1. The van der Waals surface area contributed by atoms with E-state index in [0.29, 0.717) is 18.7 Å². The Morgan fingerprint density at radius 1 is 1.39 bits per heavy atom. The Morgan fingerprint density at radius 3 is 2.83 bits per heavy atom. The summed E-state index contributed by atoms with van der Waals surface area (Å²) >= 11 is 0. The molecule has 1 heterocycles. The molecule has 0 saturated carbocycles. The molecule has 0 aliphatic carbocycles. The Kier molecular flexibility index (Phi) is 3.55. The number of aryl methyl sites for hydroxylation is 1. The Bertz CT molecular complexity index is 572. The number of carbonyl (C=O) groups is 1. The maximum Gasteiger partial charge on any atom is 0.253 e. The second-order valence-corrected chi connectivity index (χ2v) is 4.12. The maximum absolute atomic E-state index is 12.0. The van der Waals surface area contributed by atoms with Gasteiger partial charge in [0, 0.05) is 23.1 Å². The fourth-order valence-electron chi connectivity index (χ4n) is 2.10. The van der Waals surface area contributed by atoms with Crippen LogP contribution in [-0.4, -0.2) is 24.0 Å². The van der Waals surface area contributed by atoms with Crippen molar-refractivity contribution in [1.82, 2.24) is 10.3 Å². The zero-order chi connectivity index (χ0) is 13.1. The van der Waals surface area contributed by atoms with Crippen molar-refractivity contribution in [3.8, 4) is 5.75 Å². The number of ether oxygens (including phenoxy) is 1. The van der Waals surface area contributed by atoms with Gasteiger partial charge in [-0.05, 0) is 39.0 Å². The number of nitrogens with one attached hydrogen (secondary N) is 2. The summed E-state index contributed by atoms with van der Waals surface area (Å²) in [5, 5.41) is 3.74. The van der Waals surface area contributed by atoms with E-state index in [2.05, 4.69) is 10.3 Å². The quantitative estimate of drug-likeness (QED) is 0.871. The molecule has 4 heteroatoms. The molecule has 0 saturated heterocycles. The van der Waals surface area contributed by atoms with E-state index in [9.17, 15) is 4.79 Å². The zero-order valence-corrected chi connectivity index (χ0v) is 11.0. The van der Waals surface area contributed by atoms with Gasteiger partial charge in [-0.15, -0.1) is 0 Å². The lowest BCUT2D eigenvalue weighted by atomic mass is 10.1. The number of hydrogen-bond acceptors (Lipinski definition) is 2. The molecule has 96 valence electrons. The van der Waals surface area contributed by atoms with Gasteiger partial charge in [-0.25, -0.2) is 0 Å². The topological polar surface area (TPSA) is 54.1 Å². The molecule has 2 aromatic rings. The summed E-state index contributed by atoms with van der Waals surface area (Å²) in [5.41, 5.74) is 2.54. The molecule has 1 aromatic heterocycles. The lowest BCUT2D eigenvalue weighted by Crippen LogP contribution is -2.23. The van der Waals surface area contributed by atoms with Crippen LogP contribution in [0.3, 0.4) is 0 Å². The molecular weight excluding hydrogens is 228 g/mol. The van der Waals surface area contributed by atoms with E-state index in [1.807, 2.05) is 39.0 Å². The molecule has 0 radical (unpaired) electrons. The van der Waals surface area contributed by atoms with Crippen LogP contribution in [-0.2, 0) is 0 Å². The van der Waals surface area contributed by atoms with Crippen molar-refractivity contribution in [2.45, 2.75) is 20.8 Å². The second-order valence-electron chi connectivity index (χ2n) is 4.12. The lowest BCUT2D eigenvalue weighted by Gasteiger charge is -2.04. The fourth-order valence-corrected chi connectivity index (χ4v) is 2.10. The highest BCUT2D eigenvalue weighted by Gasteiger charge is 2.15. The first-order valence-electron chi connectivity index (χ1n) is 6.20. The number of hydrogen-bond donors (Lipinski definition) is 2. The summed E-state index contributed by atoms with van der Waals surface area (Å²) < 4.78 is 5.47. The molecule has 4 nitrogen and oxygen atoms in total. The first kappa shape index (κ1) is 12.5. The molecule has 0 aliphatic rings. The summed E-state index contributed by atoms with van der Waals surface area (Å²) in [4.78, 5) is 15.3. The van der Waals surface area contributed by atoms with Crippen LogP contribution in [0.5, 0.6) is 5.75 Å². The van der Waals surface area contributed by atoms with Crippen molar-refractivity contribution >= 4 is 16.8 Å². The Hall–Kier alpha value is -1.97. The SMILES string of the molecule is CCNC(=O)c1c(C)[nH]c2ccc(OCC)cc12. The first-order valence-corrected chi connectivity index (χ1v) is 6.20. The summed E-state index contributed by atoms with van der Waals surface area (Å²) in [6.45, 7) is 7.00. The van der Waals surface area contributed by atoms with Crippen LogP contribution in [0.2, 0.25) is 0 Å². The molecule has 0 atom stereocenters. The van der Waals surface area contributed by atoms with Gasteiger partial charge in [-0.1, -0.05) is 0 Å². The van der Waals surface area contributed by atoms with Gasteiger partial charge in [-0.2, -0.15) is 0 Å². The number of fused-ring (bicyclic) bond motifs is 1. The van der Waals surface area contributed by atoms with Crippen molar-refractivity contribution in [2.24, 2.45) is 0 Å². The van der Waals surface area contributed by atoms with Crippen LogP contribution in [0.15, 0.2) is 18.2 Å². The zero-order valence-electron chi connectivity index (χ0n) is 11.0. The van der Waals surface area contributed by atoms with Gasteiger partial charge >= 0.3 is 0 Å². The van der Waals surface area contributed by atoms with E-state index in [1.165, 1.54) is 0 Å². The molecule has 0 aliphatic heterocycles. The van der Waals surface area contributed by atoms with Crippen molar-refractivity contribution in [1.29, 1.82) is 0 Å². The molecule has 18 heavy (non-hydrogen) atoms. The summed E-state index contributed by atoms with van der Waals surface area (Å²) in [7, 11) is 0. The molecule has 0 spiro atoms. The van der Waals surface area contributed by atoms with E-state index >= 15 is 0 Å². The van der Waals surface area contributed by atoms with Gasteiger partial charge in [0.05, 0.1) is 12.2 Å². The summed E-state index contributed by atoms with van der Waals surface area (Å²) in [5.74, 6) is 0.740. The number of aromatic nitrogens is 1. The van der Waals surface area contributed by atoms with Crippen LogP contribution in [0.1, 0.15) is 29.9 Å². The third-order valence-corrected chi connectivity index (χ3v) is 2.83. The van der Waals surface area contributed by atoms with E-state index in [4.69, 9.17) is 4.74 Å². The highest BCUT2D eigenvalue weighted by atomic mass is 16.5. The van der Waals surface area contributed by atoms with Crippen molar-refractivity contribution in [3.63, 3.8) is 0 Å². The predicted molar refractivity (Wildman–Crippen MR) is 72.2 cm³/mol. The van der Waals surface area contributed by atoms with Gasteiger partial charge in [-0.3, -0.25) is 4.79 Å². The number of rotatable bonds is 4. The predicted octanol–water partition coefficient (Wildman–Crippen LogP) is 2.62. The van der Waals surface area contributed by atoms with E-state index in [-0.39, 0.29) is 5.91 Å². The molecule has 0 fully saturated rings. The highest BCUT2D eigenvalue weighted by Crippen LogP contribution is 2.26. The van der Waals surface area contributed by atoms with Gasteiger partial charge in [0.2, 0.25) is 0 Å². The van der Waals surface area contributed by atoms with Gasteiger partial charge in [0.25, 0.3) is 5.91 Å². The first-order chi connectivity index (χ1) is 8.67. The molecule has 2 N–H and O–H groups in total. The Labute approximate surface area is 106 Å². The highest BCUT2D eigenvalue weighted by molar-refractivity contribution is 6.08. The fraction of sp³-hybridized carbons (Fsp3) is 0.357. The van der Waals surface area contributed by atoms with Crippen LogP contribution in [0, 0.1) is 6.92 Å². The molecule has 2 rings (SSSR count). The van der Waals surface area contributed by atoms with Gasteiger partial charge < -0.3 is 15.0 Å². The monoisotopic (exact) mass is 246 g/mol. The second kappa shape index (κ2) is 5.12. The molecule has 1 amide bonds. The van der Waals surface area contributed by atoms with Gasteiger partial charge in [0.15, 0.2) is 0 Å². The third-order valence-electron chi connectivity index (χ3n) is 2.83. The van der Waals surface area contributed by atoms with Crippen LogP contribution < -0.4 is 10.1 Å². The molecule has 1 aromatic carbocycles. The minimum absolute atomic E-state index is 0.0464. The van der Waals surface area contributed by atoms with Gasteiger partial charge in [0.1, 0.15) is 5.75 Å². The van der Waals surface area contributed by atoms with E-state index in [0.717, 1.165) is 22.3 Å². The number of H-pyrrole nitrogens is 1. The number of aromatic amines is 1. The number of benzene rings is 1. The smallest absolute Gasteiger partial charge is 0.253 e. The largest absolute Gasteiger partial charge is 0.494 e. The minimum Gasteiger partial charge on any atom is -0.494 e. The minimum atomic E-state index is -0.0464. The molecule has 0 bridgehead atoms. The average Bonchev–Trinajstić information content (AvgIpc) is 2.65. The average molecular weight is 246 g/mol. The molecular formula is C14H18N2O2. The van der Waals surface area contributed by atoms with Crippen molar-refractivity contribution in [2.75, 3.05) is 13.2 Å². The van der Waals surface area contributed by atoms with Crippen LogP contribution in [0.4, 0.5) is 0 Å². The third kappa shape index (κ3) is 2.18. The number of amides is 1. The normalized spacial score (nSPS) is 10.6. The van der Waals surface area contributed by atoms with Crippen molar-refractivity contribution in [3.05, 3.63) is 29.5 Å². The summed E-state index contributed by atoms with van der Waals surface area (Å²) in [6, 6.07) is 5.76. The van der Waals surface area contributed by atoms with E-state index in [1.54, 1.807) is 0 Å². The molecule has 0 unspecified atom stereocenters. The summed E-state index contributed by atoms with van der Waals surface area (Å²) in [6.07, 6.45) is 0. The van der Waals surface area contributed by atoms with Crippen LogP contribution in [0.25, 0.3) is 10.9 Å². The maximum atomic E-state index is 12.0. The van der Waals surface area contributed by atoms with Crippen LogP contribution >= 0.6 is 0 Å².